The summed E-state index contributed by atoms with van der Waals surface area (Å²) in [5, 5.41) is 8.07. The third-order valence-corrected chi connectivity index (χ3v) is 4.41. The molecule has 0 saturated carbocycles. The lowest BCUT2D eigenvalue weighted by molar-refractivity contribution is 0.667. The van der Waals surface area contributed by atoms with Crippen molar-refractivity contribution in [2.75, 3.05) is 13.1 Å². The molecule has 0 atom stereocenters. The summed E-state index contributed by atoms with van der Waals surface area (Å²) in [5.74, 6) is 0. The van der Waals surface area contributed by atoms with Gasteiger partial charge in [0.15, 0.2) is 5.11 Å². The molecule has 4 heteroatoms. The minimum Gasteiger partial charge on any atom is -0.362 e. The van der Waals surface area contributed by atoms with Crippen molar-refractivity contribution < 1.29 is 0 Å². The van der Waals surface area contributed by atoms with Crippen LogP contribution in [0, 0.1) is 0 Å². The number of halogens is 1. The third-order valence-electron chi connectivity index (χ3n) is 3.75. The van der Waals surface area contributed by atoms with Gasteiger partial charge in [0.25, 0.3) is 0 Å². The van der Waals surface area contributed by atoms with Crippen LogP contribution in [-0.2, 0) is 6.42 Å². The summed E-state index contributed by atoms with van der Waals surface area (Å²) >= 11 is 11.4. The zero-order chi connectivity index (χ0) is 14.9. The van der Waals surface area contributed by atoms with Crippen molar-refractivity contribution in [3.05, 3.63) is 46.5 Å². The second-order valence-corrected chi connectivity index (χ2v) is 6.20. The molecule has 1 aromatic rings. The normalized spacial score (nSPS) is 14.4. The topological polar surface area (TPSA) is 24.1 Å². The first-order chi connectivity index (χ1) is 10.3. The fourth-order valence-corrected chi connectivity index (χ4v) is 2.98. The fraction of sp³-hybridized carbons (Fsp3) is 0.471. The van der Waals surface area contributed by atoms with Gasteiger partial charge in [0, 0.05) is 18.1 Å². The quantitative estimate of drug-likeness (QED) is 0.605. The van der Waals surface area contributed by atoms with Crippen molar-refractivity contribution in [3.8, 4) is 0 Å². The van der Waals surface area contributed by atoms with Crippen LogP contribution in [0.4, 0.5) is 0 Å². The summed E-state index contributed by atoms with van der Waals surface area (Å²) in [6.45, 7) is 1.72. The average molecular weight is 323 g/mol. The number of thiocarbonyl (C=S) groups is 1. The molecule has 0 aliphatic heterocycles. The van der Waals surface area contributed by atoms with E-state index in [4.69, 9.17) is 23.8 Å². The van der Waals surface area contributed by atoms with E-state index in [0.29, 0.717) is 0 Å². The summed E-state index contributed by atoms with van der Waals surface area (Å²) in [5.41, 5.74) is 2.73. The summed E-state index contributed by atoms with van der Waals surface area (Å²) in [7, 11) is 0. The van der Waals surface area contributed by atoms with Gasteiger partial charge in [-0.05, 0) is 62.4 Å². The molecule has 0 heterocycles. The van der Waals surface area contributed by atoms with Crippen LogP contribution in [0.1, 0.15) is 37.7 Å². The highest BCUT2D eigenvalue weighted by molar-refractivity contribution is 7.80. The molecule has 0 spiro atoms. The van der Waals surface area contributed by atoms with Gasteiger partial charge < -0.3 is 10.6 Å². The molecule has 21 heavy (non-hydrogen) atoms. The van der Waals surface area contributed by atoms with Gasteiger partial charge in [-0.1, -0.05) is 41.4 Å². The van der Waals surface area contributed by atoms with Gasteiger partial charge in [-0.15, -0.1) is 0 Å². The number of hydrogen-bond acceptors (Lipinski definition) is 1. The van der Waals surface area contributed by atoms with E-state index in [1.165, 1.54) is 25.7 Å². The van der Waals surface area contributed by atoms with Crippen LogP contribution in [-0.4, -0.2) is 18.2 Å². The first kappa shape index (κ1) is 16.3. The first-order valence-electron chi connectivity index (χ1n) is 7.69. The van der Waals surface area contributed by atoms with E-state index in [-0.39, 0.29) is 0 Å². The molecule has 0 unspecified atom stereocenters. The van der Waals surface area contributed by atoms with E-state index in [1.54, 1.807) is 5.57 Å². The number of hydrogen-bond donors (Lipinski definition) is 2. The molecule has 0 radical (unpaired) electrons. The molecule has 114 valence electrons. The minimum absolute atomic E-state index is 0.735. The minimum atomic E-state index is 0.735. The Kier molecular flexibility index (Phi) is 7.04. The van der Waals surface area contributed by atoms with Gasteiger partial charge in [0.1, 0.15) is 0 Å². The van der Waals surface area contributed by atoms with Crippen LogP contribution < -0.4 is 10.6 Å². The standard InChI is InChI=1S/C17H23ClN2S/c18-16-9-5-4-8-15(16)11-13-20-17(21)19-12-10-14-6-2-1-3-7-14/h4-6,8-9H,1-3,7,10-13H2,(H2,19,20,21). The van der Waals surface area contributed by atoms with Gasteiger partial charge in [0.2, 0.25) is 0 Å². The zero-order valence-corrected chi connectivity index (χ0v) is 13.9. The Labute approximate surface area is 138 Å². The van der Waals surface area contributed by atoms with Crippen molar-refractivity contribution in [3.63, 3.8) is 0 Å². The Morgan fingerprint density at radius 1 is 1.10 bits per heavy atom. The smallest absolute Gasteiger partial charge is 0.166 e. The van der Waals surface area contributed by atoms with Crippen molar-refractivity contribution in [2.24, 2.45) is 0 Å². The molecule has 0 amide bonds. The van der Waals surface area contributed by atoms with Crippen molar-refractivity contribution >= 4 is 28.9 Å². The highest BCUT2D eigenvalue weighted by Crippen LogP contribution is 2.19. The lowest BCUT2D eigenvalue weighted by Gasteiger charge is -2.14. The molecule has 1 aliphatic carbocycles. The Bertz CT molecular complexity index is 499. The molecule has 0 aromatic heterocycles. The Morgan fingerprint density at radius 3 is 2.57 bits per heavy atom. The molecule has 2 N–H and O–H groups in total. The average Bonchev–Trinajstić information content (AvgIpc) is 2.50. The van der Waals surface area contributed by atoms with E-state index >= 15 is 0 Å². The largest absolute Gasteiger partial charge is 0.362 e. The van der Waals surface area contributed by atoms with Crippen LogP contribution in [0.3, 0.4) is 0 Å². The van der Waals surface area contributed by atoms with Crippen LogP contribution in [0.25, 0.3) is 0 Å². The molecule has 0 bridgehead atoms. The van der Waals surface area contributed by atoms with Crippen molar-refractivity contribution in [1.82, 2.24) is 10.6 Å². The van der Waals surface area contributed by atoms with Gasteiger partial charge in [-0.2, -0.15) is 0 Å². The molecular formula is C17H23ClN2S. The second kappa shape index (κ2) is 9.06. The molecule has 1 aliphatic rings. The maximum atomic E-state index is 6.13. The third kappa shape index (κ3) is 6.06. The molecule has 1 aromatic carbocycles. The van der Waals surface area contributed by atoms with Gasteiger partial charge in [0.05, 0.1) is 0 Å². The highest BCUT2D eigenvalue weighted by Gasteiger charge is 2.04. The molecular weight excluding hydrogens is 300 g/mol. The molecule has 2 nitrogen and oxygen atoms in total. The highest BCUT2D eigenvalue weighted by atomic mass is 35.5. The zero-order valence-electron chi connectivity index (χ0n) is 12.3. The predicted molar refractivity (Wildman–Crippen MR) is 94.9 cm³/mol. The lowest BCUT2D eigenvalue weighted by Crippen LogP contribution is -2.37. The summed E-state index contributed by atoms with van der Waals surface area (Å²) in [4.78, 5) is 0. The maximum absolute atomic E-state index is 6.13. The summed E-state index contributed by atoms with van der Waals surface area (Å²) in [6, 6.07) is 7.93. The van der Waals surface area contributed by atoms with Crippen LogP contribution in [0.2, 0.25) is 5.02 Å². The van der Waals surface area contributed by atoms with Gasteiger partial charge in [-0.3, -0.25) is 0 Å². The number of nitrogens with one attached hydrogen (secondary N) is 2. The predicted octanol–water partition coefficient (Wildman–Crippen LogP) is 4.24. The van der Waals surface area contributed by atoms with Gasteiger partial charge >= 0.3 is 0 Å². The Morgan fingerprint density at radius 2 is 1.86 bits per heavy atom. The second-order valence-electron chi connectivity index (χ2n) is 5.38. The van der Waals surface area contributed by atoms with E-state index in [9.17, 15) is 0 Å². The maximum Gasteiger partial charge on any atom is 0.166 e. The fourth-order valence-electron chi connectivity index (χ4n) is 2.54. The number of benzene rings is 1. The summed E-state index contributed by atoms with van der Waals surface area (Å²) < 4.78 is 0. The first-order valence-corrected chi connectivity index (χ1v) is 8.47. The lowest BCUT2D eigenvalue weighted by atomic mass is 9.97. The number of allylic oxidation sites excluding steroid dienone is 1. The summed E-state index contributed by atoms with van der Waals surface area (Å²) in [6.07, 6.45) is 9.56. The van der Waals surface area contributed by atoms with Crippen LogP contribution >= 0.6 is 23.8 Å². The van der Waals surface area contributed by atoms with Crippen molar-refractivity contribution in [1.29, 1.82) is 0 Å². The SMILES string of the molecule is S=C(NCCC1=CCCCC1)NCCc1ccccc1Cl. The Balaban J connectivity index is 1.59. The van der Waals surface area contributed by atoms with E-state index in [2.05, 4.69) is 22.8 Å². The van der Waals surface area contributed by atoms with E-state index in [0.717, 1.165) is 41.6 Å². The van der Waals surface area contributed by atoms with E-state index < -0.39 is 0 Å². The van der Waals surface area contributed by atoms with Crippen LogP contribution in [0.15, 0.2) is 35.9 Å². The monoisotopic (exact) mass is 322 g/mol. The van der Waals surface area contributed by atoms with Gasteiger partial charge in [-0.25, -0.2) is 0 Å². The van der Waals surface area contributed by atoms with E-state index in [1.807, 2.05) is 18.2 Å². The van der Waals surface area contributed by atoms with Crippen LogP contribution in [0.5, 0.6) is 0 Å². The molecule has 0 saturated heterocycles. The molecule has 2 rings (SSSR count). The van der Waals surface area contributed by atoms with Crippen molar-refractivity contribution in [2.45, 2.75) is 38.5 Å². The molecule has 0 fully saturated rings. The number of rotatable bonds is 6. The Hall–Kier alpha value is -1.06.